The van der Waals surface area contributed by atoms with Crippen LogP contribution in [0.25, 0.3) is 0 Å². The number of fused-ring (bicyclic) bond motifs is 1. The normalized spacial score (nSPS) is 17.5. The first kappa shape index (κ1) is 13.2. The van der Waals surface area contributed by atoms with Crippen molar-refractivity contribution >= 4 is 17.7 Å². The van der Waals surface area contributed by atoms with Crippen molar-refractivity contribution in [1.82, 2.24) is 20.1 Å². The molecule has 0 aliphatic carbocycles. The third-order valence-corrected chi connectivity index (χ3v) is 4.45. The first-order valence-corrected chi connectivity index (χ1v) is 7.65. The van der Waals surface area contributed by atoms with Gasteiger partial charge in [-0.3, -0.25) is 9.48 Å². The number of carbonyl (C=O) groups is 1. The number of amides is 1. The largest absolute Gasteiger partial charge is 0.349 e. The van der Waals surface area contributed by atoms with Crippen LogP contribution in [0.3, 0.4) is 0 Å². The third kappa shape index (κ3) is 3.01. The second kappa shape index (κ2) is 6.09. The maximum absolute atomic E-state index is 12.0. The van der Waals surface area contributed by atoms with Crippen LogP contribution >= 0.6 is 11.8 Å². The molecule has 0 saturated heterocycles. The number of aromatic nitrogens is 3. The van der Waals surface area contributed by atoms with E-state index in [1.807, 2.05) is 23.9 Å². The van der Waals surface area contributed by atoms with Crippen molar-refractivity contribution in [3.8, 4) is 0 Å². The van der Waals surface area contributed by atoms with Crippen LogP contribution in [0.15, 0.2) is 41.8 Å². The second-order valence-electron chi connectivity index (χ2n) is 4.70. The van der Waals surface area contributed by atoms with Crippen molar-refractivity contribution in [1.29, 1.82) is 0 Å². The fourth-order valence-electron chi connectivity index (χ4n) is 2.32. The Balaban J connectivity index is 1.59. The predicted octanol–water partition coefficient (Wildman–Crippen LogP) is 2.02. The zero-order valence-electron chi connectivity index (χ0n) is 11.0. The quantitative estimate of drug-likeness (QED) is 0.935. The third-order valence-electron chi connectivity index (χ3n) is 3.33. The van der Waals surface area contributed by atoms with E-state index >= 15 is 0 Å². The van der Waals surface area contributed by atoms with Gasteiger partial charge in [0.25, 0.3) is 0 Å². The summed E-state index contributed by atoms with van der Waals surface area (Å²) < 4.78 is 1.67. The molecule has 1 aromatic carbocycles. The lowest BCUT2D eigenvalue weighted by molar-refractivity contribution is -0.122. The molecule has 6 heteroatoms. The molecule has 0 saturated carbocycles. The maximum Gasteiger partial charge on any atom is 0.222 e. The van der Waals surface area contributed by atoms with Gasteiger partial charge in [0.2, 0.25) is 5.91 Å². The molecule has 1 amide bonds. The lowest BCUT2D eigenvalue weighted by atomic mass is 10.0. The Hall–Kier alpha value is -1.82. The van der Waals surface area contributed by atoms with Crippen LogP contribution in [0.5, 0.6) is 0 Å². The zero-order chi connectivity index (χ0) is 13.8. The molecule has 0 spiro atoms. The molecule has 0 fully saturated rings. The van der Waals surface area contributed by atoms with E-state index in [-0.39, 0.29) is 11.9 Å². The first-order chi connectivity index (χ1) is 9.83. The van der Waals surface area contributed by atoms with E-state index in [0.717, 1.165) is 12.2 Å². The molecule has 104 valence electrons. The highest BCUT2D eigenvalue weighted by Crippen LogP contribution is 2.35. The fraction of sp³-hybridized carbons (Fsp3) is 0.357. The minimum Gasteiger partial charge on any atom is -0.349 e. The van der Waals surface area contributed by atoms with Crippen LogP contribution in [0.4, 0.5) is 0 Å². The number of nitrogens with one attached hydrogen (secondary N) is 1. The van der Waals surface area contributed by atoms with Crippen molar-refractivity contribution in [3.63, 3.8) is 0 Å². The number of hydrogen-bond acceptors (Lipinski definition) is 4. The predicted molar refractivity (Wildman–Crippen MR) is 77.3 cm³/mol. The van der Waals surface area contributed by atoms with Crippen molar-refractivity contribution in [2.45, 2.75) is 30.3 Å². The van der Waals surface area contributed by atoms with Gasteiger partial charge in [0, 0.05) is 17.1 Å². The average Bonchev–Trinajstić information content (AvgIpc) is 2.99. The van der Waals surface area contributed by atoms with E-state index < -0.39 is 0 Å². The van der Waals surface area contributed by atoms with Gasteiger partial charge in [0.15, 0.2) is 0 Å². The Kier molecular flexibility index (Phi) is 4.01. The zero-order valence-corrected chi connectivity index (χ0v) is 11.8. The summed E-state index contributed by atoms with van der Waals surface area (Å²) in [5.41, 5.74) is 1.23. The van der Waals surface area contributed by atoms with Gasteiger partial charge in [-0.2, -0.15) is 5.10 Å². The van der Waals surface area contributed by atoms with Crippen molar-refractivity contribution in [2.24, 2.45) is 0 Å². The minimum absolute atomic E-state index is 0.0622. The molecule has 0 unspecified atom stereocenters. The highest BCUT2D eigenvalue weighted by atomic mass is 32.2. The van der Waals surface area contributed by atoms with Gasteiger partial charge in [-0.25, -0.2) is 4.98 Å². The summed E-state index contributed by atoms with van der Waals surface area (Å²) in [6.07, 6.45) is 4.51. The molecule has 5 nitrogen and oxygen atoms in total. The molecule has 1 aliphatic heterocycles. The van der Waals surface area contributed by atoms with Crippen LogP contribution in [-0.4, -0.2) is 26.4 Å². The summed E-state index contributed by atoms with van der Waals surface area (Å²) in [5.74, 6) is 1.11. The molecule has 2 aromatic rings. The molecule has 1 aromatic heterocycles. The highest BCUT2D eigenvalue weighted by molar-refractivity contribution is 7.99. The Morgan fingerprint density at radius 2 is 2.35 bits per heavy atom. The summed E-state index contributed by atoms with van der Waals surface area (Å²) in [6.45, 7) is 0.564. The van der Waals surface area contributed by atoms with Gasteiger partial charge in [0.1, 0.15) is 12.7 Å². The van der Waals surface area contributed by atoms with Crippen LogP contribution in [-0.2, 0) is 11.3 Å². The number of nitrogens with zero attached hydrogens (tertiary/aromatic N) is 3. The van der Waals surface area contributed by atoms with E-state index in [0.29, 0.717) is 13.0 Å². The summed E-state index contributed by atoms with van der Waals surface area (Å²) in [4.78, 5) is 17.2. The fourth-order valence-corrected chi connectivity index (χ4v) is 3.45. The number of hydrogen-bond donors (Lipinski definition) is 1. The van der Waals surface area contributed by atoms with E-state index in [4.69, 9.17) is 0 Å². The average molecular weight is 288 g/mol. The molecule has 1 N–H and O–H groups in total. The molecule has 20 heavy (non-hydrogen) atoms. The van der Waals surface area contributed by atoms with Crippen molar-refractivity contribution in [3.05, 3.63) is 42.5 Å². The molecule has 3 rings (SSSR count). The Morgan fingerprint density at radius 3 is 3.20 bits per heavy atom. The molecule has 0 bridgehead atoms. The van der Waals surface area contributed by atoms with E-state index in [9.17, 15) is 4.79 Å². The highest BCUT2D eigenvalue weighted by Gasteiger charge is 2.21. The number of benzene rings is 1. The number of thioether (sulfide) groups is 1. The van der Waals surface area contributed by atoms with Crippen molar-refractivity contribution in [2.75, 3.05) is 5.75 Å². The van der Waals surface area contributed by atoms with Gasteiger partial charge in [-0.05, 0) is 18.1 Å². The smallest absolute Gasteiger partial charge is 0.222 e. The Morgan fingerprint density at radius 1 is 1.45 bits per heavy atom. The SMILES string of the molecule is O=C(CCn1cncn1)N[C@@H]1CCSc2ccccc21. The lowest BCUT2D eigenvalue weighted by Gasteiger charge is -2.25. The lowest BCUT2D eigenvalue weighted by Crippen LogP contribution is -2.31. The van der Waals surface area contributed by atoms with Gasteiger partial charge in [-0.1, -0.05) is 18.2 Å². The molecular weight excluding hydrogens is 272 g/mol. The topological polar surface area (TPSA) is 59.8 Å². The molecule has 0 radical (unpaired) electrons. The standard InChI is InChI=1S/C14H16N4OS/c19-14(5-7-18-10-15-9-16-18)17-12-6-8-20-13-4-2-1-3-11(12)13/h1-4,9-10,12H,5-8H2,(H,17,19)/t12-/m1/s1. The summed E-state index contributed by atoms with van der Waals surface area (Å²) in [7, 11) is 0. The summed E-state index contributed by atoms with van der Waals surface area (Å²) >= 11 is 1.86. The maximum atomic E-state index is 12.0. The van der Waals surface area contributed by atoms with Gasteiger partial charge in [-0.15, -0.1) is 11.8 Å². The van der Waals surface area contributed by atoms with E-state index in [2.05, 4.69) is 27.5 Å². The second-order valence-corrected chi connectivity index (χ2v) is 5.84. The van der Waals surface area contributed by atoms with Crippen LogP contribution < -0.4 is 5.32 Å². The first-order valence-electron chi connectivity index (χ1n) is 6.66. The Bertz CT molecular complexity index is 585. The van der Waals surface area contributed by atoms with Crippen LogP contribution in [0.1, 0.15) is 24.4 Å². The van der Waals surface area contributed by atoms with Crippen LogP contribution in [0, 0.1) is 0 Å². The van der Waals surface area contributed by atoms with E-state index in [1.165, 1.54) is 16.8 Å². The van der Waals surface area contributed by atoms with Gasteiger partial charge in [0.05, 0.1) is 12.6 Å². The van der Waals surface area contributed by atoms with Gasteiger partial charge >= 0.3 is 0 Å². The van der Waals surface area contributed by atoms with E-state index in [1.54, 1.807) is 11.0 Å². The number of rotatable bonds is 4. The minimum atomic E-state index is 0.0622. The summed E-state index contributed by atoms with van der Waals surface area (Å²) in [6, 6.07) is 8.42. The number of carbonyl (C=O) groups excluding carboxylic acids is 1. The molecule has 1 aliphatic rings. The Labute approximate surface area is 121 Å². The van der Waals surface area contributed by atoms with Gasteiger partial charge < -0.3 is 5.32 Å². The molecule has 2 heterocycles. The summed E-state index contributed by atoms with van der Waals surface area (Å²) in [5, 5.41) is 7.12. The van der Waals surface area contributed by atoms with Crippen LogP contribution in [0.2, 0.25) is 0 Å². The monoisotopic (exact) mass is 288 g/mol. The molecule has 1 atom stereocenters. The van der Waals surface area contributed by atoms with Crippen molar-refractivity contribution < 1.29 is 4.79 Å². The molecular formula is C14H16N4OS. The number of aryl methyl sites for hydroxylation is 1.